The fourth-order valence-corrected chi connectivity index (χ4v) is 4.86. The summed E-state index contributed by atoms with van der Waals surface area (Å²) in [5.41, 5.74) is 0.277. The number of carbonyl (C=O) groups is 2. The van der Waals surface area contributed by atoms with E-state index in [4.69, 9.17) is 9.47 Å². The van der Waals surface area contributed by atoms with Crippen molar-refractivity contribution in [2.75, 3.05) is 20.8 Å². The van der Waals surface area contributed by atoms with Crippen molar-refractivity contribution in [3.63, 3.8) is 0 Å². The van der Waals surface area contributed by atoms with Crippen molar-refractivity contribution < 1.29 is 29.3 Å². The number of Topliss-reactive ketones (excluding diaryl/α,β-unsaturated/α-hetero) is 2. The summed E-state index contributed by atoms with van der Waals surface area (Å²) in [7, 11) is 3.08. The Morgan fingerprint density at radius 3 is 1.94 bits per heavy atom. The summed E-state index contributed by atoms with van der Waals surface area (Å²) >= 11 is 0. The standard InChI is InChI=1S/C25H28O6/c1-30-18-5-3-16-7-9-24(15-26,22(27)20(16)13-18)11-12-25(29)10-8-17-4-6-19(31-2)14-21(17)23(25)28/h3-6,13-14,26,29H,7-12,15H2,1-2H3/t24-,25-/m0/s1. The zero-order chi connectivity index (χ0) is 22.2. The lowest BCUT2D eigenvalue weighted by Crippen LogP contribution is -2.46. The van der Waals surface area contributed by atoms with Crippen LogP contribution in [0.2, 0.25) is 0 Å². The fraction of sp³-hybridized carbons (Fsp3) is 0.440. The average molecular weight is 424 g/mol. The molecule has 0 aromatic heterocycles. The number of fused-ring (bicyclic) bond motifs is 2. The normalized spacial score (nSPS) is 25.0. The molecule has 2 aliphatic rings. The van der Waals surface area contributed by atoms with Crippen molar-refractivity contribution in [3.05, 3.63) is 58.7 Å². The molecule has 0 fully saturated rings. The maximum Gasteiger partial charge on any atom is 0.194 e. The molecule has 0 radical (unpaired) electrons. The van der Waals surface area contributed by atoms with Crippen molar-refractivity contribution in [2.45, 2.75) is 44.1 Å². The number of aryl methyl sites for hydroxylation is 2. The Labute approximate surface area is 181 Å². The van der Waals surface area contributed by atoms with Gasteiger partial charge in [-0.25, -0.2) is 0 Å². The first-order valence-electron chi connectivity index (χ1n) is 10.6. The number of aliphatic hydroxyl groups is 2. The second-order valence-electron chi connectivity index (χ2n) is 8.67. The molecule has 2 atom stereocenters. The summed E-state index contributed by atoms with van der Waals surface area (Å²) in [5, 5.41) is 21.5. The lowest BCUT2D eigenvalue weighted by molar-refractivity contribution is 0.00525. The van der Waals surface area contributed by atoms with Gasteiger partial charge in [-0.2, -0.15) is 0 Å². The van der Waals surface area contributed by atoms with Crippen molar-refractivity contribution in [3.8, 4) is 11.5 Å². The zero-order valence-electron chi connectivity index (χ0n) is 17.9. The molecule has 6 heteroatoms. The Kier molecular flexibility index (Phi) is 5.62. The van der Waals surface area contributed by atoms with E-state index in [2.05, 4.69) is 0 Å². The summed E-state index contributed by atoms with van der Waals surface area (Å²) in [6, 6.07) is 10.8. The van der Waals surface area contributed by atoms with Crippen molar-refractivity contribution in [1.29, 1.82) is 0 Å². The predicted molar refractivity (Wildman–Crippen MR) is 115 cm³/mol. The Balaban J connectivity index is 1.58. The van der Waals surface area contributed by atoms with Crippen LogP contribution in [-0.4, -0.2) is 48.2 Å². The number of hydrogen-bond donors (Lipinski definition) is 2. The van der Waals surface area contributed by atoms with E-state index in [0.29, 0.717) is 48.3 Å². The predicted octanol–water partition coefficient (Wildman–Crippen LogP) is 3.15. The minimum absolute atomic E-state index is 0.119. The van der Waals surface area contributed by atoms with Crippen LogP contribution in [0.4, 0.5) is 0 Å². The van der Waals surface area contributed by atoms with Gasteiger partial charge in [0.05, 0.1) is 26.2 Å². The van der Waals surface area contributed by atoms with Gasteiger partial charge in [-0.05, 0) is 73.9 Å². The van der Waals surface area contributed by atoms with E-state index in [1.807, 2.05) is 24.3 Å². The number of ketones is 2. The first-order chi connectivity index (χ1) is 14.9. The Morgan fingerprint density at radius 2 is 1.39 bits per heavy atom. The molecule has 2 N–H and O–H groups in total. The maximum absolute atomic E-state index is 13.4. The summed E-state index contributed by atoms with van der Waals surface area (Å²) < 4.78 is 10.5. The lowest BCUT2D eigenvalue weighted by atomic mass is 9.66. The molecule has 0 spiro atoms. The van der Waals surface area contributed by atoms with Crippen LogP contribution in [0.5, 0.6) is 11.5 Å². The molecule has 164 valence electrons. The van der Waals surface area contributed by atoms with Gasteiger partial charge in [-0.15, -0.1) is 0 Å². The monoisotopic (exact) mass is 424 g/mol. The van der Waals surface area contributed by atoms with E-state index in [9.17, 15) is 19.8 Å². The third-order valence-electron chi connectivity index (χ3n) is 7.03. The van der Waals surface area contributed by atoms with Gasteiger partial charge in [-0.3, -0.25) is 9.59 Å². The largest absolute Gasteiger partial charge is 0.497 e. The summed E-state index contributed by atoms with van der Waals surface area (Å²) in [6.45, 7) is -0.322. The van der Waals surface area contributed by atoms with E-state index in [1.165, 1.54) is 7.11 Å². The molecule has 2 aromatic rings. The molecule has 2 aliphatic carbocycles. The third kappa shape index (κ3) is 3.64. The Morgan fingerprint density at radius 1 is 0.839 bits per heavy atom. The maximum atomic E-state index is 13.4. The highest BCUT2D eigenvalue weighted by molar-refractivity contribution is 6.05. The zero-order valence-corrected chi connectivity index (χ0v) is 17.9. The second kappa shape index (κ2) is 8.09. The number of methoxy groups -OCH3 is 2. The fourth-order valence-electron chi connectivity index (χ4n) is 4.86. The van der Waals surface area contributed by atoms with Gasteiger partial charge in [0.25, 0.3) is 0 Å². The van der Waals surface area contributed by atoms with E-state index >= 15 is 0 Å². The van der Waals surface area contributed by atoms with Crippen LogP contribution in [0, 0.1) is 5.41 Å². The molecule has 0 unspecified atom stereocenters. The molecular weight excluding hydrogens is 396 g/mol. The van der Waals surface area contributed by atoms with Crippen molar-refractivity contribution in [1.82, 2.24) is 0 Å². The minimum Gasteiger partial charge on any atom is -0.497 e. The van der Waals surface area contributed by atoms with Crippen LogP contribution in [0.3, 0.4) is 0 Å². The van der Waals surface area contributed by atoms with Gasteiger partial charge in [0.15, 0.2) is 11.6 Å². The molecule has 4 rings (SSSR count). The van der Waals surface area contributed by atoms with Crippen LogP contribution in [0.15, 0.2) is 36.4 Å². The van der Waals surface area contributed by atoms with Crippen molar-refractivity contribution >= 4 is 11.6 Å². The number of carbonyl (C=O) groups excluding carboxylic acids is 2. The van der Waals surface area contributed by atoms with Crippen LogP contribution in [0.1, 0.15) is 57.5 Å². The number of aliphatic hydroxyl groups excluding tert-OH is 1. The van der Waals surface area contributed by atoms with E-state index < -0.39 is 11.0 Å². The van der Waals surface area contributed by atoms with Crippen LogP contribution in [0.25, 0.3) is 0 Å². The van der Waals surface area contributed by atoms with Crippen LogP contribution in [-0.2, 0) is 12.8 Å². The molecule has 0 saturated carbocycles. The van der Waals surface area contributed by atoms with E-state index in [-0.39, 0.29) is 31.0 Å². The topological polar surface area (TPSA) is 93.1 Å². The number of hydrogen-bond acceptors (Lipinski definition) is 6. The van der Waals surface area contributed by atoms with Gasteiger partial charge >= 0.3 is 0 Å². The van der Waals surface area contributed by atoms with E-state index in [1.54, 1.807) is 19.2 Å². The van der Waals surface area contributed by atoms with Gasteiger partial charge in [-0.1, -0.05) is 12.1 Å². The molecule has 0 aliphatic heterocycles. The molecule has 0 saturated heterocycles. The summed E-state index contributed by atoms with van der Waals surface area (Å²) in [6.07, 6.45) is 2.36. The molecule has 0 amide bonds. The SMILES string of the molecule is COc1ccc2c(c1)C(=O)[C@@](O)(CC[C@]1(CO)CCc3ccc(OC)cc3C1=O)CC2. The summed E-state index contributed by atoms with van der Waals surface area (Å²) in [4.78, 5) is 26.5. The number of rotatable bonds is 6. The molecule has 2 aromatic carbocycles. The molecular formula is C25H28O6. The minimum atomic E-state index is -1.56. The van der Waals surface area contributed by atoms with Crippen molar-refractivity contribution in [2.24, 2.45) is 5.41 Å². The smallest absolute Gasteiger partial charge is 0.194 e. The average Bonchev–Trinajstić information content (AvgIpc) is 2.81. The quantitative estimate of drug-likeness (QED) is 0.740. The Bertz CT molecular complexity index is 1030. The number of benzene rings is 2. The highest BCUT2D eigenvalue weighted by Crippen LogP contribution is 2.43. The summed E-state index contributed by atoms with van der Waals surface area (Å²) in [5.74, 6) is 0.666. The number of ether oxygens (including phenoxy) is 2. The van der Waals surface area contributed by atoms with Crippen LogP contribution >= 0.6 is 0 Å². The molecule has 31 heavy (non-hydrogen) atoms. The highest BCUT2D eigenvalue weighted by atomic mass is 16.5. The van der Waals surface area contributed by atoms with Gasteiger partial charge in [0.2, 0.25) is 0 Å². The first-order valence-corrected chi connectivity index (χ1v) is 10.6. The molecule has 0 bridgehead atoms. The van der Waals surface area contributed by atoms with Gasteiger partial charge in [0, 0.05) is 11.1 Å². The highest BCUT2D eigenvalue weighted by Gasteiger charge is 2.47. The van der Waals surface area contributed by atoms with Gasteiger partial charge in [0.1, 0.15) is 17.1 Å². The molecule has 6 nitrogen and oxygen atoms in total. The van der Waals surface area contributed by atoms with Crippen LogP contribution < -0.4 is 9.47 Å². The van der Waals surface area contributed by atoms with E-state index in [0.717, 1.165) is 11.1 Å². The second-order valence-corrected chi connectivity index (χ2v) is 8.67. The lowest BCUT2D eigenvalue weighted by Gasteiger charge is -2.39. The molecule has 0 heterocycles. The first kappa shape index (κ1) is 21.5. The third-order valence-corrected chi connectivity index (χ3v) is 7.03. The Hall–Kier alpha value is -2.70. The van der Waals surface area contributed by atoms with Gasteiger partial charge < -0.3 is 19.7 Å².